The molecule has 5 heteroatoms. The van der Waals surface area contributed by atoms with Crippen molar-refractivity contribution in [1.29, 1.82) is 0 Å². The topological polar surface area (TPSA) is 42.2 Å². The van der Waals surface area contributed by atoms with Crippen LogP contribution in [0.2, 0.25) is 5.02 Å². The van der Waals surface area contributed by atoms with Crippen molar-refractivity contribution in [3.63, 3.8) is 0 Å². The van der Waals surface area contributed by atoms with E-state index < -0.39 is 0 Å². The summed E-state index contributed by atoms with van der Waals surface area (Å²) in [4.78, 5) is 11.8. The molecule has 0 fully saturated rings. The first-order valence-electron chi connectivity index (χ1n) is 5.42. The number of furan rings is 1. The number of hydrogen-bond donors (Lipinski definition) is 1. The Morgan fingerprint density at radius 2 is 2.22 bits per heavy atom. The molecule has 94 valence electrons. The second-order valence-corrected chi connectivity index (χ2v) is 5.28. The van der Waals surface area contributed by atoms with Crippen molar-refractivity contribution in [1.82, 2.24) is 5.32 Å². The molecule has 3 nitrogen and oxygen atoms in total. The highest BCUT2D eigenvalue weighted by Gasteiger charge is 2.07. The number of nitrogens with one attached hydrogen (secondary N) is 1. The van der Waals surface area contributed by atoms with E-state index in [1.165, 1.54) is 0 Å². The first kappa shape index (κ1) is 13.4. The lowest BCUT2D eigenvalue weighted by Crippen LogP contribution is -2.25. The van der Waals surface area contributed by atoms with Gasteiger partial charge >= 0.3 is 0 Å². The molecule has 18 heavy (non-hydrogen) atoms. The van der Waals surface area contributed by atoms with Crippen LogP contribution in [0.15, 0.2) is 41.0 Å². The van der Waals surface area contributed by atoms with Crippen LogP contribution in [0.4, 0.5) is 0 Å². The third-order valence-electron chi connectivity index (χ3n) is 2.42. The molecule has 0 aliphatic rings. The van der Waals surface area contributed by atoms with Crippen LogP contribution in [0.1, 0.15) is 16.1 Å². The van der Waals surface area contributed by atoms with Gasteiger partial charge in [0.25, 0.3) is 5.91 Å². The van der Waals surface area contributed by atoms with Crippen molar-refractivity contribution in [3.8, 4) is 0 Å². The van der Waals surface area contributed by atoms with Crippen LogP contribution in [-0.4, -0.2) is 12.5 Å². The summed E-state index contributed by atoms with van der Waals surface area (Å²) in [6.45, 7) is 0.538. The molecule has 0 aliphatic heterocycles. The van der Waals surface area contributed by atoms with Gasteiger partial charge in [-0.3, -0.25) is 4.79 Å². The second-order valence-electron chi connectivity index (χ2n) is 3.71. The zero-order valence-corrected chi connectivity index (χ0v) is 12.4. The average molecular weight is 376 g/mol. The van der Waals surface area contributed by atoms with Gasteiger partial charge in [-0.15, -0.1) is 0 Å². The Morgan fingerprint density at radius 1 is 1.39 bits per heavy atom. The highest BCUT2D eigenvalue weighted by Crippen LogP contribution is 2.19. The number of hydrogen-bond acceptors (Lipinski definition) is 2. The van der Waals surface area contributed by atoms with Gasteiger partial charge < -0.3 is 9.73 Å². The van der Waals surface area contributed by atoms with Crippen LogP contribution in [0.3, 0.4) is 0 Å². The number of carbonyl (C=O) groups excluding carboxylic acids is 1. The fourth-order valence-electron chi connectivity index (χ4n) is 1.49. The Labute approximate surface area is 124 Å². The maximum Gasteiger partial charge on any atom is 0.251 e. The van der Waals surface area contributed by atoms with Crippen LogP contribution in [0.25, 0.3) is 0 Å². The van der Waals surface area contributed by atoms with Crippen molar-refractivity contribution >= 4 is 40.1 Å². The molecule has 2 aromatic rings. The zero-order valence-electron chi connectivity index (χ0n) is 9.45. The normalized spacial score (nSPS) is 10.3. The van der Waals surface area contributed by atoms with Crippen molar-refractivity contribution in [2.75, 3.05) is 6.54 Å². The zero-order chi connectivity index (χ0) is 13.0. The van der Waals surface area contributed by atoms with E-state index in [-0.39, 0.29) is 5.91 Å². The summed E-state index contributed by atoms with van der Waals surface area (Å²) in [6, 6.07) is 8.97. The second kappa shape index (κ2) is 6.24. The first-order chi connectivity index (χ1) is 8.66. The smallest absolute Gasteiger partial charge is 0.251 e. The third kappa shape index (κ3) is 3.49. The van der Waals surface area contributed by atoms with Gasteiger partial charge in [-0.05, 0) is 52.9 Å². The summed E-state index contributed by atoms with van der Waals surface area (Å²) < 4.78 is 6.11. The molecule has 0 atom stereocenters. The Hall–Kier alpha value is -1.01. The standard InChI is InChI=1S/C13H11ClINO2/c14-11-8-9(3-4-12(11)15)13(17)16-6-5-10-2-1-7-18-10/h1-4,7-8H,5-6H2,(H,16,17). The van der Waals surface area contributed by atoms with Gasteiger partial charge in [-0.25, -0.2) is 0 Å². The molecule has 0 bridgehead atoms. The monoisotopic (exact) mass is 375 g/mol. The number of halogens is 2. The fourth-order valence-corrected chi connectivity index (χ4v) is 2.01. The predicted molar refractivity (Wildman–Crippen MR) is 78.9 cm³/mol. The summed E-state index contributed by atoms with van der Waals surface area (Å²) in [5.74, 6) is 0.732. The average Bonchev–Trinajstić information content (AvgIpc) is 2.85. The van der Waals surface area contributed by atoms with Gasteiger partial charge in [0.1, 0.15) is 5.76 Å². The molecule has 2 rings (SSSR count). The maximum absolute atomic E-state index is 11.8. The van der Waals surface area contributed by atoms with Crippen molar-refractivity contribution in [3.05, 3.63) is 56.5 Å². The summed E-state index contributed by atoms with van der Waals surface area (Å²) in [6.07, 6.45) is 2.30. The Kier molecular flexibility index (Phi) is 4.66. The molecule has 0 radical (unpaired) electrons. The van der Waals surface area contributed by atoms with E-state index in [0.29, 0.717) is 23.6 Å². The summed E-state index contributed by atoms with van der Waals surface area (Å²) in [7, 11) is 0. The van der Waals surface area contributed by atoms with E-state index in [9.17, 15) is 4.79 Å². The summed E-state index contributed by atoms with van der Waals surface area (Å²) in [5.41, 5.74) is 0.569. The molecule has 1 amide bonds. The quantitative estimate of drug-likeness (QED) is 0.831. The van der Waals surface area contributed by atoms with E-state index >= 15 is 0 Å². The molecule has 0 saturated heterocycles. The fraction of sp³-hybridized carbons (Fsp3) is 0.154. The highest BCUT2D eigenvalue weighted by atomic mass is 127. The van der Waals surface area contributed by atoms with Crippen molar-refractivity contribution in [2.45, 2.75) is 6.42 Å². The van der Waals surface area contributed by atoms with Crippen LogP contribution >= 0.6 is 34.2 Å². The Balaban J connectivity index is 1.89. The third-order valence-corrected chi connectivity index (χ3v) is 3.99. The van der Waals surface area contributed by atoms with Crippen LogP contribution in [0.5, 0.6) is 0 Å². The molecular weight excluding hydrogens is 365 g/mol. The van der Waals surface area contributed by atoms with Crippen molar-refractivity contribution in [2.24, 2.45) is 0 Å². The molecule has 1 aromatic carbocycles. The minimum atomic E-state index is -0.125. The minimum Gasteiger partial charge on any atom is -0.469 e. The number of rotatable bonds is 4. The Morgan fingerprint density at radius 3 is 2.89 bits per heavy atom. The lowest BCUT2D eigenvalue weighted by atomic mass is 10.2. The summed E-state index contributed by atoms with van der Waals surface area (Å²) in [5, 5.41) is 3.42. The first-order valence-corrected chi connectivity index (χ1v) is 6.88. The highest BCUT2D eigenvalue weighted by molar-refractivity contribution is 14.1. The van der Waals surface area contributed by atoms with Gasteiger partial charge in [0.05, 0.1) is 11.3 Å². The lowest BCUT2D eigenvalue weighted by Gasteiger charge is -2.05. The van der Waals surface area contributed by atoms with Crippen LogP contribution < -0.4 is 5.32 Å². The van der Waals surface area contributed by atoms with E-state index in [1.54, 1.807) is 18.4 Å². The molecule has 1 heterocycles. The summed E-state index contributed by atoms with van der Waals surface area (Å²) >= 11 is 8.09. The number of amides is 1. The predicted octanol–water partition coefficient (Wildman–Crippen LogP) is 3.51. The molecule has 0 saturated carbocycles. The van der Waals surface area contributed by atoms with Gasteiger partial charge in [0.2, 0.25) is 0 Å². The molecule has 1 N–H and O–H groups in total. The minimum absolute atomic E-state index is 0.125. The lowest BCUT2D eigenvalue weighted by molar-refractivity contribution is 0.0953. The van der Waals surface area contributed by atoms with Gasteiger partial charge in [0.15, 0.2) is 0 Å². The largest absolute Gasteiger partial charge is 0.469 e. The number of benzene rings is 1. The van der Waals surface area contributed by atoms with E-state index in [1.807, 2.05) is 18.2 Å². The SMILES string of the molecule is O=C(NCCc1ccco1)c1ccc(I)c(Cl)c1. The molecular formula is C13H11ClINO2. The van der Waals surface area contributed by atoms with Crippen LogP contribution in [0, 0.1) is 3.57 Å². The van der Waals surface area contributed by atoms with E-state index in [2.05, 4.69) is 27.9 Å². The van der Waals surface area contributed by atoms with Crippen molar-refractivity contribution < 1.29 is 9.21 Å². The van der Waals surface area contributed by atoms with Gasteiger partial charge in [-0.1, -0.05) is 11.6 Å². The molecule has 0 spiro atoms. The molecule has 0 aliphatic carbocycles. The van der Waals surface area contributed by atoms with Crippen LogP contribution in [-0.2, 0) is 6.42 Å². The maximum atomic E-state index is 11.8. The Bertz CT molecular complexity index is 540. The van der Waals surface area contributed by atoms with Gasteiger partial charge in [0, 0.05) is 22.1 Å². The van der Waals surface area contributed by atoms with Gasteiger partial charge in [-0.2, -0.15) is 0 Å². The van der Waals surface area contributed by atoms with E-state index in [4.69, 9.17) is 16.0 Å². The molecule has 0 unspecified atom stereocenters. The molecule has 1 aromatic heterocycles. The van der Waals surface area contributed by atoms with E-state index in [0.717, 1.165) is 9.33 Å². The number of carbonyl (C=O) groups is 1.